The van der Waals surface area contributed by atoms with Crippen molar-refractivity contribution in [3.8, 4) is 0 Å². The van der Waals surface area contributed by atoms with Gasteiger partial charge in [0.1, 0.15) is 5.82 Å². The van der Waals surface area contributed by atoms with Crippen molar-refractivity contribution in [1.29, 1.82) is 0 Å². The first-order valence-corrected chi connectivity index (χ1v) is 7.56. The molecule has 0 amide bonds. The molecule has 1 atom stereocenters. The van der Waals surface area contributed by atoms with Gasteiger partial charge in [-0.05, 0) is 25.2 Å². The Kier molecular flexibility index (Phi) is 6.16. The van der Waals surface area contributed by atoms with Crippen molar-refractivity contribution < 1.29 is 13.7 Å². The van der Waals surface area contributed by atoms with Crippen molar-refractivity contribution in [2.75, 3.05) is 20.8 Å². The van der Waals surface area contributed by atoms with Crippen molar-refractivity contribution >= 4 is 11.8 Å². The number of rotatable bonds is 8. The van der Waals surface area contributed by atoms with Crippen LogP contribution in [0.1, 0.15) is 11.7 Å². The van der Waals surface area contributed by atoms with Crippen molar-refractivity contribution in [3.05, 3.63) is 41.8 Å². The summed E-state index contributed by atoms with van der Waals surface area (Å²) < 4.78 is 23.4. The highest BCUT2D eigenvalue weighted by atomic mass is 32.2. The van der Waals surface area contributed by atoms with Crippen LogP contribution in [-0.2, 0) is 16.9 Å². The average Bonchev–Trinajstić information content (AvgIpc) is 2.92. The molecule has 0 aliphatic carbocycles. The molecule has 5 nitrogen and oxygen atoms in total. The predicted molar refractivity (Wildman–Crippen MR) is 78.7 cm³/mol. The first kappa shape index (κ1) is 15.9. The minimum atomic E-state index is -0.245. The van der Waals surface area contributed by atoms with E-state index in [4.69, 9.17) is 9.26 Å². The fourth-order valence-corrected chi connectivity index (χ4v) is 2.58. The van der Waals surface area contributed by atoms with Crippen LogP contribution in [0.4, 0.5) is 4.39 Å². The van der Waals surface area contributed by atoms with Gasteiger partial charge >= 0.3 is 0 Å². The summed E-state index contributed by atoms with van der Waals surface area (Å²) in [5.41, 5.74) is 0. The number of likely N-dealkylation sites (N-methyl/N-ethyl adjacent to an activating group) is 1. The molecule has 0 saturated heterocycles. The molecule has 2 aromatic rings. The number of benzene rings is 1. The first-order valence-electron chi connectivity index (χ1n) is 6.57. The standard InChI is InChI=1S/C14H18FN3O2S/c1-16-11(8-19-2)7-14-17-13(18-20-14)9-21-12-5-3-4-10(15)6-12/h3-6,11,16H,7-9H2,1-2H3. The van der Waals surface area contributed by atoms with E-state index in [1.165, 1.54) is 23.9 Å². The molecule has 1 N–H and O–H groups in total. The van der Waals surface area contributed by atoms with Crippen LogP contribution in [0.5, 0.6) is 0 Å². The van der Waals surface area contributed by atoms with Crippen LogP contribution in [0.25, 0.3) is 0 Å². The largest absolute Gasteiger partial charge is 0.383 e. The Morgan fingerprint density at radius 1 is 1.48 bits per heavy atom. The second-order valence-electron chi connectivity index (χ2n) is 4.50. The Morgan fingerprint density at radius 2 is 2.33 bits per heavy atom. The van der Waals surface area contributed by atoms with E-state index in [1.807, 2.05) is 13.1 Å². The third-order valence-electron chi connectivity index (χ3n) is 2.87. The monoisotopic (exact) mass is 311 g/mol. The molecule has 1 aromatic heterocycles. The van der Waals surface area contributed by atoms with Gasteiger partial charge in [-0.1, -0.05) is 11.2 Å². The van der Waals surface area contributed by atoms with Gasteiger partial charge in [0, 0.05) is 24.5 Å². The normalized spacial score (nSPS) is 12.5. The molecule has 0 spiro atoms. The highest BCUT2D eigenvalue weighted by molar-refractivity contribution is 7.98. The van der Waals surface area contributed by atoms with Crippen LogP contribution in [0.15, 0.2) is 33.7 Å². The van der Waals surface area contributed by atoms with Crippen LogP contribution in [0.3, 0.4) is 0 Å². The lowest BCUT2D eigenvalue weighted by molar-refractivity contribution is 0.165. The molecule has 0 aliphatic rings. The minimum Gasteiger partial charge on any atom is -0.383 e. The third kappa shape index (κ3) is 5.11. The Balaban J connectivity index is 1.88. The van der Waals surface area contributed by atoms with Gasteiger partial charge in [-0.15, -0.1) is 11.8 Å². The third-order valence-corrected chi connectivity index (χ3v) is 3.86. The summed E-state index contributed by atoms with van der Waals surface area (Å²) in [4.78, 5) is 5.17. The maximum absolute atomic E-state index is 13.1. The maximum atomic E-state index is 13.1. The lowest BCUT2D eigenvalue weighted by Crippen LogP contribution is -2.32. The summed E-state index contributed by atoms with van der Waals surface area (Å²) >= 11 is 1.47. The van der Waals surface area contributed by atoms with Gasteiger partial charge < -0.3 is 14.6 Å². The molecule has 0 bridgehead atoms. The van der Waals surface area contributed by atoms with Gasteiger partial charge in [-0.25, -0.2) is 4.39 Å². The quantitative estimate of drug-likeness (QED) is 0.755. The van der Waals surface area contributed by atoms with E-state index < -0.39 is 0 Å². The van der Waals surface area contributed by atoms with E-state index in [9.17, 15) is 4.39 Å². The predicted octanol–water partition coefficient (Wildman–Crippen LogP) is 2.28. The van der Waals surface area contributed by atoms with Gasteiger partial charge in [0.15, 0.2) is 5.82 Å². The van der Waals surface area contributed by atoms with E-state index in [1.54, 1.807) is 13.2 Å². The second kappa shape index (κ2) is 8.11. The van der Waals surface area contributed by atoms with Crippen LogP contribution in [-0.4, -0.2) is 36.9 Å². The van der Waals surface area contributed by atoms with Crippen molar-refractivity contribution in [1.82, 2.24) is 15.5 Å². The second-order valence-corrected chi connectivity index (χ2v) is 5.54. The van der Waals surface area contributed by atoms with Crippen LogP contribution >= 0.6 is 11.8 Å². The van der Waals surface area contributed by atoms with E-state index in [0.717, 1.165) is 4.90 Å². The van der Waals surface area contributed by atoms with Gasteiger partial charge in [0.25, 0.3) is 0 Å². The summed E-state index contributed by atoms with van der Waals surface area (Å²) in [6, 6.07) is 6.58. The number of methoxy groups -OCH3 is 1. The molecule has 114 valence electrons. The van der Waals surface area contributed by atoms with E-state index in [2.05, 4.69) is 15.5 Å². The van der Waals surface area contributed by atoms with Gasteiger partial charge in [-0.2, -0.15) is 4.98 Å². The highest BCUT2D eigenvalue weighted by Gasteiger charge is 2.13. The molecular weight excluding hydrogens is 293 g/mol. The molecule has 0 saturated carbocycles. The molecular formula is C14H18FN3O2S. The molecule has 21 heavy (non-hydrogen) atoms. The summed E-state index contributed by atoms with van der Waals surface area (Å²) in [6.45, 7) is 0.576. The Hall–Kier alpha value is -1.44. The van der Waals surface area contributed by atoms with Crippen LogP contribution < -0.4 is 5.32 Å². The number of ether oxygens (including phenoxy) is 1. The molecule has 0 radical (unpaired) electrons. The Bertz CT molecular complexity index is 565. The number of aromatic nitrogens is 2. The number of nitrogens with zero attached hydrogens (tertiary/aromatic N) is 2. The Morgan fingerprint density at radius 3 is 3.05 bits per heavy atom. The van der Waals surface area contributed by atoms with Crippen LogP contribution in [0.2, 0.25) is 0 Å². The van der Waals surface area contributed by atoms with Crippen molar-refractivity contribution in [2.24, 2.45) is 0 Å². The van der Waals surface area contributed by atoms with Crippen molar-refractivity contribution in [3.63, 3.8) is 0 Å². The summed E-state index contributed by atoms with van der Waals surface area (Å²) in [5, 5.41) is 7.06. The van der Waals surface area contributed by atoms with Gasteiger partial charge in [0.2, 0.25) is 5.89 Å². The molecule has 1 unspecified atom stereocenters. The van der Waals surface area contributed by atoms with E-state index in [0.29, 0.717) is 30.5 Å². The first-order chi connectivity index (χ1) is 10.2. The minimum absolute atomic E-state index is 0.138. The van der Waals surface area contributed by atoms with Crippen LogP contribution in [0, 0.1) is 5.82 Å². The summed E-state index contributed by atoms with van der Waals surface area (Å²) in [7, 11) is 3.51. The Labute approximate surface area is 127 Å². The molecule has 1 aromatic carbocycles. The zero-order chi connectivity index (χ0) is 15.1. The smallest absolute Gasteiger partial charge is 0.228 e. The molecule has 0 aliphatic heterocycles. The zero-order valence-corrected chi connectivity index (χ0v) is 12.8. The average molecular weight is 311 g/mol. The topological polar surface area (TPSA) is 60.2 Å². The lowest BCUT2D eigenvalue weighted by atomic mass is 10.2. The number of hydrogen-bond donors (Lipinski definition) is 1. The van der Waals surface area contributed by atoms with Gasteiger partial charge in [0.05, 0.1) is 12.4 Å². The number of thioether (sulfide) groups is 1. The van der Waals surface area contributed by atoms with E-state index >= 15 is 0 Å². The fraction of sp³-hybridized carbons (Fsp3) is 0.429. The number of nitrogens with one attached hydrogen (secondary N) is 1. The molecule has 1 heterocycles. The maximum Gasteiger partial charge on any atom is 0.228 e. The molecule has 7 heteroatoms. The highest BCUT2D eigenvalue weighted by Crippen LogP contribution is 2.22. The summed E-state index contributed by atoms with van der Waals surface area (Å²) in [6.07, 6.45) is 0.613. The lowest BCUT2D eigenvalue weighted by Gasteiger charge is -2.11. The van der Waals surface area contributed by atoms with E-state index in [-0.39, 0.29) is 11.9 Å². The van der Waals surface area contributed by atoms with Crippen molar-refractivity contribution in [2.45, 2.75) is 23.1 Å². The molecule has 2 rings (SSSR count). The SMILES string of the molecule is CNC(COC)Cc1nc(CSc2cccc(F)c2)no1. The fourth-order valence-electron chi connectivity index (χ4n) is 1.79. The zero-order valence-electron chi connectivity index (χ0n) is 12.0. The number of halogens is 1. The summed E-state index contributed by atoms with van der Waals surface area (Å²) in [5.74, 6) is 1.47. The van der Waals surface area contributed by atoms with Gasteiger partial charge in [-0.3, -0.25) is 0 Å². The molecule has 0 fully saturated rings. The number of hydrogen-bond acceptors (Lipinski definition) is 6.